The van der Waals surface area contributed by atoms with E-state index in [0.29, 0.717) is 25.3 Å². The number of methoxy groups -OCH3 is 1. The Kier molecular flexibility index (Phi) is 8.45. The number of halogens is 4. The highest BCUT2D eigenvalue weighted by molar-refractivity contribution is 7.79. The van der Waals surface area contributed by atoms with Crippen LogP contribution in [0.1, 0.15) is 40.9 Å². The topological polar surface area (TPSA) is 98.6 Å². The van der Waals surface area contributed by atoms with Crippen LogP contribution >= 0.6 is 12.2 Å². The summed E-state index contributed by atoms with van der Waals surface area (Å²) in [5.74, 6) is -2.06. The number of carbonyl (C=O) groups excluding carboxylic acids is 2. The van der Waals surface area contributed by atoms with E-state index in [2.05, 4.69) is 10.3 Å². The maximum atomic E-state index is 14.9. The summed E-state index contributed by atoms with van der Waals surface area (Å²) in [5.41, 5.74) is -2.34. The van der Waals surface area contributed by atoms with Crippen molar-refractivity contribution < 1.29 is 31.9 Å². The number of carbonyl (C=O) groups is 2. The molecular weight excluding hydrogens is 514 g/mol. The Morgan fingerprint density at radius 1 is 1.30 bits per heavy atom. The highest BCUT2D eigenvalue weighted by atomic mass is 32.1. The van der Waals surface area contributed by atoms with E-state index in [-0.39, 0.29) is 30.1 Å². The smallest absolute Gasteiger partial charge is 0.383 e. The Bertz CT molecular complexity index is 1240. The summed E-state index contributed by atoms with van der Waals surface area (Å²) in [7, 11) is 2.75. The first-order valence-corrected chi connectivity index (χ1v) is 11.5. The quantitative estimate of drug-likeness (QED) is 0.295. The molecule has 0 bridgehead atoms. The molecule has 1 saturated carbocycles. The number of aromatic nitrogens is 1. The van der Waals surface area contributed by atoms with Crippen molar-refractivity contribution in [3.05, 3.63) is 53.1 Å². The van der Waals surface area contributed by atoms with Gasteiger partial charge in [-0.25, -0.2) is 9.37 Å². The van der Waals surface area contributed by atoms with Gasteiger partial charge in [-0.05, 0) is 43.5 Å². The highest BCUT2D eigenvalue weighted by Crippen LogP contribution is 2.42. The molecule has 0 unspecified atom stereocenters. The van der Waals surface area contributed by atoms with E-state index in [1.54, 1.807) is 0 Å². The molecule has 13 heteroatoms. The number of pyridine rings is 1. The highest BCUT2D eigenvalue weighted by Gasteiger charge is 2.51. The zero-order valence-electron chi connectivity index (χ0n) is 19.9. The summed E-state index contributed by atoms with van der Waals surface area (Å²) in [5, 5.41) is 11.5. The molecule has 1 fully saturated rings. The predicted molar refractivity (Wildman–Crippen MR) is 131 cm³/mol. The van der Waals surface area contributed by atoms with Crippen molar-refractivity contribution in [1.29, 1.82) is 5.26 Å². The maximum Gasteiger partial charge on any atom is 0.419 e. The number of likely N-dealkylation sites (N-methyl/N-ethyl adjacent to an activating group) is 1. The van der Waals surface area contributed by atoms with Crippen LogP contribution in [0.4, 0.5) is 28.9 Å². The van der Waals surface area contributed by atoms with Gasteiger partial charge in [-0.1, -0.05) is 12.2 Å². The largest absolute Gasteiger partial charge is 0.419 e. The van der Waals surface area contributed by atoms with Gasteiger partial charge in [0.15, 0.2) is 5.69 Å². The molecule has 8 nitrogen and oxygen atoms in total. The Balaban J connectivity index is 1.92. The second kappa shape index (κ2) is 11.2. The van der Waals surface area contributed by atoms with Crippen LogP contribution < -0.4 is 15.1 Å². The molecule has 1 heterocycles. The third-order valence-electron chi connectivity index (χ3n) is 6.19. The fraction of sp³-hybridized carbons (Fsp3) is 0.375. The van der Waals surface area contributed by atoms with Crippen LogP contribution in [0.25, 0.3) is 0 Å². The van der Waals surface area contributed by atoms with Crippen LogP contribution in [-0.2, 0) is 15.7 Å². The lowest BCUT2D eigenvalue weighted by atomic mass is 9.74. The monoisotopic (exact) mass is 537 g/mol. The second-order valence-electron chi connectivity index (χ2n) is 8.34. The van der Waals surface area contributed by atoms with Crippen molar-refractivity contribution in [2.24, 2.45) is 0 Å². The zero-order chi connectivity index (χ0) is 27.4. The summed E-state index contributed by atoms with van der Waals surface area (Å²) in [4.78, 5) is 31.8. The van der Waals surface area contributed by atoms with E-state index >= 15 is 0 Å². The zero-order valence-corrected chi connectivity index (χ0v) is 20.7. The van der Waals surface area contributed by atoms with Crippen LogP contribution in [0.3, 0.4) is 0 Å². The molecule has 2 aromatic rings. The molecular formula is C24H23F4N5O3S. The van der Waals surface area contributed by atoms with Gasteiger partial charge in [0, 0.05) is 26.4 Å². The summed E-state index contributed by atoms with van der Waals surface area (Å²) in [6, 6.07) is 5.87. The molecule has 0 saturated heterocycles. The fourth-order valence-electron chi connectivity index (χ4n) is 4.05. The number of hydrogen-bond acceptors (Lipinski definition) is 6. The van der Waals surface area contributed by atoms with Gasteiger partial charge in [0.2, 0.25) is 0 Å². The average Bonchev–Trinajstić information content (AvgIpc) is 2.84. The normalized spacial score (nSPS) is 14.2. The first-order chi connectivity index (χ1) is 17.5. The van der Waals surface area contributed by atoms with Crippen molar-refractivity contribution in [2.75, 3.05) is 37.1 Å². The number of nitrogens with zero attached hydrogens (tertiary/aromatic N) is 4. The number of anilines is 2. The van der Waals surface area contributed by atoms with Gasteiger partial charge in [0.25, 0.3) is 11.8 Å². The number of hydrogen-bond donors (Lipinski definition) is 1. The number of alkyl halides is 3. The van der Waals surface area contributed by atoms with Crippen molar-refractivity contribution in [2.45, 2.75) is 31.0 Å². The first kappa shape index (κ1) is 27.9. The summed E-state index contributed by atoms with van der Waals surface area (Å²) < 4.78 is 60.0. The third kappa shape index (κ3) is 5.55. The molecule has 1 aliphatic carbocycles. The standard InChI is InChI=1S/C24H23F4N5O3S/c1-32(16-10-18(24(26,27)28)20(12-29)31-13-16)22(35)23(6-3-7-23)33(14-37)15-4-5-17(19(25)11-15)21(34)30-8-9-36-2/h4-5,10-11,13-14H,3,6-9H2,1-2H3,(H,30,34). The molecule has 1 aromatic carbocycles. The Morgan fingerprint density at radius 3 is 2.51 bits per heavy atom. The molecule has 0 atom stereocenters. The number of nitrogens with one attached hydrogen (secondary N) is 1. The van der Waals surface area contributed by atoms with E-state index in [0.717, 1.165) is 17.2 Å². The number of thiocarbonyl (C=S) groups is 1. The van der Waals surface area contributed by atoms with Crippen molar-refractivity contribution >= 4 is 40.9 Å². The van der Waals surface area contributed by atoms with E-state index in [1.807, 2.05) is 0 Å². The Morgan fingerprint density at radius 2 is 2.00 bits per heavy atom. The van der Waals surface area contributed by atoms with Crippen molar-refractivity contribution in [3.63, 3.8) is 0 Å². The third-order valence-corrected chi connectivity index (χ3v) is 6.40. The van der Waals surface area contributed by atoms with E-state index in [4.69, 9.17) is 22.2 Å². The lowest BCUT2D eigenvalue weighted by Gasteiger charge is -2.49. The molecule has 0 spiro atoms. The predicted octanol–water partition coefficient (Wildman–Crippen LogP) is 3.84. The van der Waals surface area contributed by atoms with Crippen LogP contribution in [0.15, 0.2) is 30.5 Å². The summed E-state index contributed by atoms with van der Waals surface area (Å²) in [6.07, 6.45) is -2.60. The van der Waals surface area contributed by atoms with Crippen LogP contribution in [0, 0.1) is 17.1 Å². The first-order valence-electron chi connectivity index (χ1n) is 11.1. The molecule has 0 aliphatic heterocycles. The summed E-state index contributed by atoms with van der Waals surface area (Å²) >= 11 is 5.14. The SMILES string of the molecule is COCCNC(=O)c1ccc(N(C=S)C2(C(=O)N(C)c3cnc(C#N)c(C(F)(F)F)c3)CCC2)cc1F. The molecule has 1 N–H and O–H groups in total. The average molecular weight is 538 g/mol. The molecule has 3 rings (SSSR count). The number of rotatable bonds is 9. The Hall–Kier alpha value is -3.63. The van der Waals surface area contributed by atoms with Gasteiger partial charge in [-0.2, -0.15) is 18.4 Å². The maximum absolute atomic E-state index is 14.9. The molecule has 2 amide bonds. The van der Waals surface area contributed by atoms with Gasteiger partial charge in [0.1, 0.15) is 17.4 Å². The number of nitriles is 1. The van der Waals surface area contributed by atoms with Gasteiger partial charge in [0.05, 0.1) is 35.1 Å². The molecule has 0 radical (unpaired) electrons. The van der Waals surface area contributed by atoms with Crippen LogP contribution in [-0.4, -0.2) is 55.1 Å². The minimum absolute atomic E-state index is 0.166. The molecule has 196 valence electrons. The Labute approximate surface area is 215 Å². The molecule has 37 heavy (non-hydrogen) atoms. The minimum Gasteiger partial charge on any atom is -0.383 e. The van der Waals surface area contributed by atoms with Crippen molar-refractivity contribution in [3.8, 4) is 6.07 Å². The lowest BCUT2D eigenvalue weighted by molar-refractivity contribution is -0.138. The number of ether oxygens (including phenoxy) is 1. The lowest BCUT2D eigenvalue weighted by Crippen LogP contribution is -2.63. The van der Waals surface area contributed by atoms with Gasteiger partial charge in [-0.3, -0.25) is 9.59 Å². The van der Waals surface area contributed by atoms with Gasteiger partial charge >= 0.3 is 6.18 Å². The van der Waals surface area contributed by atoms with Crippen molar-refractivity contribution in [1.82, 2.24) is 10.3 Å². The van der Waals surface area contributed by atoms with Crippen LogP contribution in [0.2, 0.25) is 0 Å². The number of benzene rings is 1. The number of amides is 2. The van der Waals surface area contributed by atoms with Crippen LogP contribution in [0.5, 0.6) is 0 Å². The second-order valence-corrected chi connectivity index (χ2v) is 8.55. The van der Waals surface area contributed by atoms with E-state index in [9.17, 15) is 27.2 Å². The van der Waals surface area contributed by atoms with E-state index in [1.165, 1.54) is 42.8 Å². The van der Waals surface area contributed by atoms with E-state index < -0.39 is 40.6 Å². The summed E-state index contributed by atoms with van der Waals surface area (Å²) in [6.45, 7) is 0.439. The van der Waals surface area contributed by atoms with Gasteiger partial charge in [-0.15, -0.1) is 0 Å². The fourth-order valence-corrected chi connectivity index (χ4v) is 4.37. The minimum atomic E-state index is -4.85. The molecule has 1 aromatic heterocycles. The molecule has 1 aliphatic rings. The van der Waals surface area contributed by atoms with Gasteiger partial charge < -0.3 is 19.9 Å².